The highest BCUT2D eigenvalue weighted by Crippen LogP contribution is 2.24. The topological polar surface area (TPSA) is 17.8 Å². The van der Waals surface area contributed by atoms with E-state index in [1.54, 1.807) is 0 Å². The number of halogens is 3. The lowest BCUT2D eigenvalue weighted by Crippen LogP contribution is -2.11. The standard InChI is InChI=1S/C9H13Br3N2/c1-6-9(12)8(14(2)13-6)3-7(4-10)5-11/h7H,3-5H2,1-2H3. The summed E-state index contributed by atoms with van der Waals surface area (Å²) in [7, 11) is 1.99. The molecule has 0 aliphatic carbocycles. The molecule has 0 unspecified atom stereocenters. The molecule has 5 heteroatoms. The molecule has 0 fully saturated rings. The van der Waals surface area contributed by atoms with Crippen molar-refractivity contribution in [3.8, 4) is 0 Å². The van der Waals surface area contributed by atoms with Crippen molar-refractivity contribution in [3.05, 3.63) is 15.9 Å². The molecule has 1 rings (SSSR count). The van der Waals surface area contributed by atoms with Crippen LogP contribution in [-0.4, -0.2) is 20.4 Å². The van der Waals surface area contributed by atoms with E-state index < -0.39 is 0 Å². The Bertz CT molecular complexity index is 305. The van der Waals surface area contributed by atoms with Gasteiger partial charge in [-0.1, -0.05) is 31.9 Å². The Morgan fingerprint density at radius 2 is 1.93 bits per heavy atom. The first kappa shape index (κ1) is 12.7. The van der Waals surface area contributed by atoms with Crippen LogP contribution in [0.15, 0.2) is 4.47 Å². The zero-order chi connectivity index (χ0) is 10.7. The molecular weight excluding hydrogens is 376 g/mol. The van der Waals surface area contributed by atoms with Crippen LogP contribution in [0.3, 0.4) is 0 Å². The fourth-order valence-electron chi connectivity index (χ4n) is 1.33. The summed E-state index contributed by atoms with van der Waals surface area (Å²) in [6.07, 6.45) is 1.04. The van der Waals surface area contributed by atoms with Crippen molar-refractivity contribution in [2.24, 2.45) is 13.0 Å². The third-order valence-corrected chi connectivity index (χ3v) is 5.04. The number of nitrogens with zero attached hydrogens (tertiary/aromatic N) is 2. The number of hydrogen-bond donors (Lipinski definition) is 0. The molecule has 80 valence electrons. The van der Waals surface area contributed by atoms with E-state index in [-0.39, 0.29) is 0 Å². The number of hydrogen-bond acceptors (Lipinski definition) is 1. The first-order chi connectivity index (χ1) is 6.60. The summed E-state index contributed by atoms with van der Waals surface area (Å²) in [6.45, 7) is 2.02. The zero-order valence-electron chi connectivity index (χ0n) is 8.23. The monoisotopic (exact) mass is 386 g/mol. The summed E-state index contributed by atoms with van der Waals surface area (Å²) in [5, 5.41) is 6.39. The normalized spacial score (nSPS) is 11.3. The van der Waals surface area contributed by atoms with Crippen LogP contribution in [-0.2, 0) is 13.5 Å². The van der Waals surface area contributed by atoms with Crippen LogP contribution < -0.4 is 0 Å². The molecule has 0 saturated carbocycles. The summed E-state index contributed by atoms with van der Waals surface area (Å²) >= 11 is 10.6. The van der Waals surface area contributed by atoms with Crippen LogP contribution in [0.2, 0.25) is 0 Å². The lowest BCUT2D eigenvalue weighted by atomic mass is 10.1. The van der Waals surface area contributed by atoms with Gasteiger partial charge in [-0.3, -0.25) is 4.68 Å². The fraction of sp³-hybridized carbons (Fsp3) is 0.667. The molecule has 1 aromatic rings. The van der Waals surface area contributed by atoms with E-state index >= 15 is 0 Å². The van der Waals surface area contributed by atoms with E-state index in [0.29, 0.717) is 5.92 Å². The van der Waals surface area contributed by atoms with E-state index in [2.05, 4.69) is 52.9 Å². The molecule has 0 aliphatic rings. The minimum atomic E-state index is 0.612. The van der Waals surface area contributed by atoms with E-state index in [1.165, 1.54) is 5.69 Å². The zero-order valence-corrected chi connectivity index (χ0v) is 13.0. The van der Waals surface area contributed by atoms with Crippen molar-refractivity contribution in [3.63, 3.8) is 0 Å². The maximum Gasteiger partial charge on any atom is 0.0738 e. The average molecular weight is 389 g/mol. The van der Waals surface area contributed by atoms with Gasteiger partial charge in [0.25, 0.3) is 0 Å². The smallest absolute Gasteiger partial charge is 0.0738 e. The van der Waals surface area contributed by atoms with Gasteiger partial charge in [0.05, 0.1) is 15.9 Å². The molecule has 0 N–H and O–H groups in total. The van der Waals surface area contributed by atoms with E-state index in [4.69, 9.17) is 0 Å². The van der Waals surface area contributed by atoms with Gasteiger partial charge in [-0.25, -0.2) is 0 Å². The third-order valence-electron chi connectivity index (χ3n) is 2.18. The van der Waals surface area contributed by atoms with Gasteiger partial charge in [0.1, 0.15) is 0 Å². The van der Waals surface area contributed by atoms with Crippen LogP contribution in [0.25, 0.3) is 0 Å². The van der Waals surface area contributed by atoms with Gasteiger partial charge < -0.3 is 0 Å². The Morgan fingerprint density at radius 3 is 2.29 bits per heavy atom. The lowest BCUT2D eigenvalue weighted by molar-refractivity contribution is 0.613. The predicted octanol–water partition coefficient (Wildman–Crippen LogP) is 3.44. The minimum Gasteiger partial charge on any atom is -0.271 e. The third kappa shape index (κ3) is 2.83. The van der Waals surface area contributed by atoms with Crippen molar-refractivity contribution < 1.29 is 0 Å². The number of aromatic nitrogens is 2. The second-order valence-corrected chi connectivity index (χ2v) is 5.44. The molecule has 0 atom stereocenters. The minimum absolute atomic E-state index is 0.612. The quantitative estimate of drug-likeness (QED) is 0.722. The first-order valence-electron chi connectivity index (χ1n) is 4.40. The van der Waals surface area contributed by atoms with Gasteiger partial charge in [0, 0.05) is 17.7 Å². The second-order valence-electron chi connectivity index (χ2n) is 3.35. The van der Waals surface area contributed by atoms with Crippen LogP contribution in [0.1, 0.15) is 11.4 Å². The number of aryl methyl sites for hydroxylation is 2. The van der Waals surface area contributed by atoms with Gasteiger partial charge in [0.15, 0.2) is 0 Å². The van der Waals surface area contributed by atoms with E-state index in [9.17, 15) is 0 Å². The van der Waals surface area contributed by atoms with Crippen molar-refractivity contribution in [1.82, 2.24) is 9.78 Å². The SMILES string of the molecule is Cc1nn(C)c(CC(CBr)CBr)c1Br. The largest absolute Gasteiger partial charge is 0.271 e. The van der Waals surface area contributed by atoms with Crippen molar-refractivity contribution in [1.29, 1.82) is 0 Å². The summed E-state index contributed by atoms with van der Waals surface area (Å²) in [5.41, 5.74) is 2.33. The fourth-order valence-corrected chi connectivity index (χ4v) is 3.35. The highest BCUT2D eigenvalue weighted by atomic mass is 79.9. The van der Waals surface area contributed by atoms with Crippen LogP contribution in [0.4, 0.5) is 0 Å². The van der Waals surface area contributed by atoms with Crippen LogP contribution in [0, 0.1) is 12.8 Å². The summed E-state index contributed by atoms with van der Waals surface area (Å²) in [4.78, 5) is 0. The molecule has 0 aromatic carbocycles. The maximum absolute atomic E-state index is 4.37. The molecule has 0 radical (unpaired) electrons. The predicted molar refractivity (Wildman–Crippen MR) is 70.4 cm³/mol. The van der Waals surface area contributed by atoms with Gasteiger partial charge >= 0.3 is 0 Å². The van der Waals surface area contributed by atoms with Gasteiger partial charge in [-0.05, 0) is 35.2 Å². The number of rotatable bonds is 4. The molecule has 0 aliphatic heterocycles. The maximum atomic E-state index is 4.37. The molecule has 14 heavy (non-hydrogen) atoms. The van der Waals surface area contributed by atoms with Gasteiger partial charge in [-0.2, -0.15) is 5.10 Å². The number of alkyl halides is 2. The molecule has 0 amide bonds. The average Bonchev–Trinajstić information content (AvgIpc) is 2.40. The molecule has 0 bridgehead atoms. The molecule has 0 saturated heterocycles. The van der Waals surface area contributed by atoms with Crippen LogP contribution >= 0.6 is 47.8 Å². The summed E-state index contributed by atoms with van der Waals surface area (Å²) in [5.74, 6) is 0.612. The van der Waals surface area contributed by atoms with Crippen molar-refractivity contribution in [2.45, 2.75) is 13.3 Å². The van der Waals surface area contributed by atoms with E-state index in [0.717, 1.165) is 27.2 Å². The lowest BCUT2D eigenvalue weighted by Gasteiger charge is -2.10. The van der Waals surface area contributed by atoms with Crippen LogP contribution in [0.5, 0.6) is 0 Å². The second kappa shape index (κ2) is 5.66. The van der Waals surface area contributed by atoms with E-state index in [1.807, 2.05) is 18.7 Å². The van der Waals surface area contributed by atoms with Gasteiger partial charge in [-0.15, -0.1) is 0 Å². The van der Waals surface area contributed by atoms with Gasteiger partial charge in [0.2, 0.25) is 0 Å². The Morgan fingerprint density at radius 1 is 1.36 bits per heavy atom. The molecular formula is C9H13Br3N2. The highest BCUT2D eigenvalue weighted by molar-refractivity contribution is 9.10. The van der Waals surface area contributed by atoms with Crippen molar-refractivity contribution in [2.75, 3.05) is 10.7 Å². The Hall–Kier alpha value is 0.650. The summed E-state index contributed by atoms with van der Waals surface area (Å²) in [6, 6.07) is 0. The first-order valence-corrected chi connectivity index (χ1v) is 7.43. The Balaban J connectivity index is 2.84. The molecule has 1 heterocycles. The molecule has 2 nitrogen and oxygen atoms in total. The Labute approximate surface area is 110 Å². The Kier molecular flexibility index (Phi) is 5.14. The molecule has 0 spiro atoms. The van der Waals surface area contributed by atoms with Crippen molar-refractivity contribution >= 4 is 47.8 Å². The molecule has 1 aromatic heterocycles. The highest BCUT2D eigenvalue weighted by Gasteiger charge is 2.15. The summed E-state index contributed by atoms with van der Waals surface area (Å²) < 4.78 is 3.10.